The Kier molecular flexibility index (Phi) is 8.49. The van der Waals surface area contributed by atoms with Crippen molar-refractivity contribution in [2.45, 2.75) is 26.7 Å². The molecule has 1 heterocycles. The van der Waals surface area contributed by atoms with Gasteiger partial charge in [-0.25, -0.2) is 0 Å². The lowest BCUT2D eigenvalue weighted by Gasteiger charge is -2.17. The molecule has 1 aliphatic heterocycles. The average molecular weight is 564 g/mol. The van der Waals surface area contributed by atoms with E-state index in [1.165, 1.54) is 12.1 Å². The minimum Gasteiger partial charge on any atom is -0.491 e. The fourth-order valence-electron chi connectivity index (χ4n) is 3.94. The van der Waals surface area contributed by atoms with Gasteiger partial charge in [0.2, 0.25) is 5.75 Å². The van der Waals surface area contributed by atoms with Gasteiger partial charge in [0.1, 0.15) is 18.1 Å². The zero-order chi connectivity index (χ0) is 29.0. The van der Waals surface area contributed by atoms with E-state index < -0.39 is 32.4 Å². The Morgan fingerprint density at radius 2 is 1.68 bits per heavy atom. The predicted octanol–water partition coefficient (Wildman–Crippen LogP) is 6.84. The molecular weight excluding hydrogens is 538 g/mol. The molecule has 0 spiro atoms. The number of imide groups is 1. The third-order valence-electron chi connectivity index (χ3n) is 5.99. The summed E-state index contributed by atoms with van der Waals surface area (Å²) in [6, 6.07) is 15.4. The van der Waals surface area contributed by atoms with E-state index in [9.17, 15) is 29.8 Å². The van der Waals surface area contributed by atoms with Crippen molar-refractivity contribution in [1.82, 2.24) is 4.90 Å². The molecule has 4 rings (SSSR count). The maximum atomic E-state index is 12.9. The minimum absolute atomic E-state index is 0.105. The van der Waals surface area contributed by atoms with Crippen LogP contribution < -0.4 is 9.47 Å². The van der Waals surface area contributed by atoms with Crippen molar-refractivity contribution in [2.75, 3.05) is 13.2 Å². The zero-order valence-electron chi connectivity index (χ0n) is 21.9. The van der Waals surface area contributed by atoms with Gasteiger partial charge < -0.3 is 9.47 Å². The number of nitro groups is 2. The molecule has 0 N–H and O–H groups in total. The number of benzene rings is 3. The third kappa shape index (κ3) is 6.46. The van der Waals surface area contributed by atoms with E-state index in [1.54, 1.807) is 18.2 Å². The fourth-order valence-corrected chi connectivity index (χ4v) is 4.81. The van der Waals surface area contributed by atoms with E-state index in [-0.39, 0.29) is 35.5 Å². The van der Waals surface area contributed by atoms with Gasteiger partial charge in [-0.05, 0) is 71.6 Å². The second-order valence-electron chi connectivity index (χ2n) is 9.22. The molecule has 3 aromatic carbocycles. The Labute approximate surface area is 233 Å². The summed E-state index contributed by atoms with van der Waals surface area (Å²) < 4.78 is 11.5. The molecule has 0 saturated carbocycles. The first kappa shape index (κ1) is 28.3. The van der Waals surface area contributed by atoms with Gasteiger partial charge in [0, 0.05) is 6.07 Å². The minimum atomic E-state index is -0.762. The van der Waals surface area contributed by atoms with Gasteiger partial charge in [-0.1, -0.05) is 38.1 Å². The average Bonchev–Trinajstić information content (AvgIpc) is 3.17. The van der Waals surface area contributed by atoms with Crippen LogP contribution in [0.4, 0.5) is 16.2 Å². The van der Waals surface area contributed by atoms with Gasteiger partial charge in [-0.2, -0.15) is 0 Å². The van der Waals surface area contributed by atoms with Crippen LogP contribution in [-0.4, -0.2) is 39.0 Å². The number of hydrogen-bond acceptors (Lipinski definition) is 9. The molecule has 2 amide bonds. The molecule has 40 heavy (non-hydrogen) atoms. The Hall–Kier alpha value is -4.71. The lowest BCUT2D eigenvalue weighted by molar-refractivity contribution is -0.394. The molecule has 0 bridgehead atoms. The number of hydrogen-bond donors (Lipinski definition) is 0. The molecule has 0 aromatic heterocycles. The molecule has 1 saturated heterocycles. The summed E-state index contributed by atoms with van der Waals surface area (Å²) in [5, 5.41) is 21.9. The van der Waals surface area contributed by atoms with Gasteiger partial charge in [0.25, 0.3) is 16.8 Å². The summed E-state index contributed by atoms with van der Waals surface area (Å²) in [5.41, 5.74) is 1.74. The summed E-state index contributed by atoms with van der Waals surface area (Å²) in [6.45, 7) is 6.37. The predicted molar refractivity (Wildman–Crippen MR) is 150 cm³/mol. The highest BCUT2D eigenvalue weighted by molar-refractivity contribution is 8.18. The number of thioether (sulfide) groups is 1. The van der Waals surface area contributed by atoms with E-state index in [1.807, 2.05) is 25.1 Å². The first-order chi connectivity index (χ1) is 19.0. The molecule has 0 atom stereocenters. The van der Waals surface area contributed by atoms with Crippen molar-refractivity contribution < 1.29 is 28.9 Å². The fraction of sp³-hybridized carbons (Fsp3) is 0.214. The molecule has 1 fully saturated rings. The summed E-state index contributed by atoms with van der Waals surface area (Å²) in [6.07, 6.45) is 1.57. The number of non-ortho nitro benzene ring substituents is 1. The molecule has 1 aliphatic rings. The Bertz CT molecular complexity index is 1520. The van der Waals surface area contributed by atoms with E-state index >= 15 is 0 Å². The van der Waals surface area contributed by atoms with Crippen LogP contribution in [0.5, 0.6) is 17.2 Å². The summed E-state index contributed by atoms with van der Waals surface area (Å²) in [4.78, 5) is 47.6. The lowest BCUT2D eigenvalue weighted by Crippen LogP contribution is -2.32. The number of ether oxygens (including phenoxy) is 2. The number of aryl methyl sites for hydroxylation is 1. The number of rotatable bonds is 10. The van der Waals surface area contributed by atoms with Gasteiger partial charge in [-0.15, -0.1) is 0 Å². The highest BCUT2D eigenvalue weighted by Crippen LogP contribution is 2.36. The van der Waals surface area contributed by atoms with E-state index in [0.29, 0.717) is 5.56 Å². The highest BCUT2D eigenvalue weighted by atomic mass is 32.2. The third-order valence-corrected chi connectivity index (χ3v) is 6.90. The molecule has 11 nitrogen and oxygen atoms in total. The SMILES string of the molecule is Cc1ccc(C(C)C)c(OCCN2C(=O)S/C(=C\c3ccc(Oc4ccc([N+](=O)[O-])cc4[N+](=O)[O-])cc3)C2=O)c1. The number of nitro benzene ring substituents is 2. The monoisotopic (exact) mass is 563 g/mol. The second-order valence-corrected chi connectivity index (χ2v) is 10.2. The second kappa shape index (κ2) is 12.0. The zero-order valence-corrected chi connectivity index (χ0v) is 22.7. The van der Waals surface area contributed by atoms with Crippen molar-refractivity contribution in [3.63, 3.8) is 0 Å². The van der Waals surface area contributed by atoms with Crippen molar-refractivity contribution in [3.8, 4) is 17.2 Å². The van der Waals surface area contributed by atoms with E-state index in [0.717, 1.165) is 51.7 Å². The maximum absolute atomic E-state index is 12.9. The van der Waals surface area contributed by atoms with Crippen LogP contribution in [-0.2, 0) is 4.79 Å². The topological polar surface area (TPSA) is 142 Å². The number of carbonyl (C=O) groups is 2. The molecule has 0 radical (unpaired) electrons. The van der Waals surface area contributed by atoms with Crippen LogP contribution in [0.2, 0.25) is 0 Å². The Morgan fingerprint density at radius 3 is 2.33 bits per heavy atom. The Morgan fingerprint density at radius 1 is 0.950 bits per heavy atom. The first-order valence-corrected chi connectivity index (χ1v) is 13.0. The normalized spacial score (nSPS) is 14.2. The highest BCUT2D eigenvalue weighted by Gasteiger charge is 2.35. The van der Waals surface area contributed by atoms with Crippen LogP contribution in [0.1, 0.15) is 36.5 Å². The van der Waals surface area contributed by atoms with Crippen molar-refractivity contribution in [2.24, 2.45) is 0 Å². The van der Waals surface area contributed by atoms with Gasteiger partial charge >= 0.3 is 5.69 Å². The molecule has 0 unspecified atom stereocenters. The van der Waals surface area contributed by atoms with Gasteiger partial charge in [0.15, 0.2) is 0 Å². The van der Waals surface area contributed by atoms with Gasteiger partial charge in [0.05, 0.1) is 27.4 Å². The van der Waals surface area contributed by atoms with Crippen LogP contribution in [0.3, 0.4) is 0 Å². The summed E-state index contributed by atoms with van der Waals surface area (Å²) in [7, 11) is 0. The van der Waals surface area contributed by atoms with Crippen LogP contribution in [0.15, 0.2) is 65.6 Å². The molecule has 12 heteroatoms. The largest absolute Gasteiger partial charge is 0.491 e. The maximum Gasteiger partial charge on any atom is 0.318 e. The van der Waals surface area contributed by atoms with E-state index in [2.05, 4.69) is 13.8 Å². The quantitative estimate of drug-likeness (QED) is 0.147. The number of carbonyl (C=O) groups excluding carboxylic acids is 2. The van der Waals surface area contributed by atoms with Crippen LogP contribution >= 0.6 is 11.8 Å². The molecular formula is C28H25N3O8S. The smallest absolute Gasteiger partial charge is 0.318 e. The van der Waals surface area contributed by atoms with Gasteiger partial charge in [-0.3, -0.25) is 34.7 Å². The summed E-state index contributed by atoms with van der Waals surface area (Å²) in [5.74, 6) is 0.665. The Balaban J connectivity index is 1.41. The van der Waals surface area contributed by atoms with Crippen molar-refractivity contribution in [1.29, 1.82) is 0 Å². The van der Waals surface area contributed by atoms with E-state index in [4.69, 9.17) is 9.47 Å². The number of nitrogens with zero attached hydrogens (tertiary/aromatic N) is 3. The molecule has 3 aromatic rings. The van der Waals surface area contributed by atoms with Crippen LogP contribution in [0.25, 0.3) is 6.08 Å². The standard InChI is InChI=1S/C28H25N3O8S/c1-17(2)22-10-4-18(3)14-25(22)38-13-12-29-27(32)26(40-28(29)33)15-19-5-8-21(9-6-19)39-24-11-7-20(30(34)35)16-23(24)31(36)37/h4-11,14-17H,12-13H2,1-3H3/b26-15-. The molecule has 206 valence electrons. The number of amides is 2. The first-order valence-electron chi connectivity index (χ1n) is 12.2. The van der Waals surface area contributed by atoms with Crippen molar-refractivity contribution >= 4 is 40.4 Å². The van der Waals surface area contributed by atoms with Crippen molar-refractivity contribution in [3.05, 3.63) is 102 Å². The molecule has 0 aliphatic carbocycles. The van der Waals surface area contributed by atoms with Crippen LogP contribution in [0, 0.1) is 27.2 Å². The lowest BCUT2D eigenvalue weighted by atomic mass is 10.0. The summed E-state index contributed by atoms with van der Waals surface area (Å²) >= 11 is 0.831.